The van der Waals surface area contributed by atoms with Crippen LogP contribution in [0, 0.1) is 12.8 Å². The number of nitrogens with one attached hydrogen (secondary N) is 1. The molecule has 1 aromatic rings. The van der Waals surface area contributed by atoms with Crippen LogP contribution in [-0.2, 0) is 19.1 Å². The van der Waals surface area contributed by atoms with Crippen molar-refractivity contribution in [1.29, 1.82) is 0 Å². The van der Waals surface area contributed by atoms with Gasteiger partial charge in [-0.2, -0.15) is 0 Å². The van der Waals surface area contributed by atoms with Gasteiger partial charge in [0.15, 0.2) is 0 Å². The maximum atomic E-state index is 12.4. The number of methoxy groups -OCH3 is 1. The van der Waals surface area contributed by atoms with Crippen molar-refractivity contribution in [3.63, 3.8) is 0 Å². The van der Waals surface area contributed by atoms with E-state index in [-0.39, 0.29) is 30.3 Å². The molecule has 0 spiro atoms. The maximum Gasteiger partial charge on any atom is 0.307 e. The average molecular weight is 305 g/mol. The topological polar surface area (TPSA) is 64.6 Å². The van der Waals surface area contributed by atoms with Crippen LogP contribution in [0.1, 0.15) is 36.4 Å². The van der Waals surface area contributed by atoms with E-state index in [1.165, 1.54) is 7.11 Å². The average Bonchev–Trinajstić information content (AvgIpc) is 2.55. The molecule has 1 atom stereocenters. The number of rotatable bonds is 5. The minimum Gasteiger partial charge on any atom is -0.469 e. The highest BCUT2D eigenvalue weighted by atomic mass is 16.5. The zero-order valence-electron chi connectivity index (χ0n) is 13.1. The first kappa shape index (κ1) is 16.5. The standard InChI is InChI=1S/C17H23NO4/c1-12-3-5-13(6-4-12)15(11-16(19)21-2)18-17(20)14-7-9-22-10-8-14/h3-6,14-15H,7-11H2,1-2H3,(H,18,20)/t15-/m0/s1. The van der Waals surface area contributed by atoms with Crippen molar-refractivity contribution in [2.45, 2.75) is 32.2 Å². The van der Waals surface area contributed by atoms with Crippen LogP contribution in [0.4, 0.5) is 0 Å². The minimum atomic E-state index is -0.358. The van der Waals surface area contributed by atoms with E-state index in [0.717, 1.165) is 24.0 Å². The molecule has 0 radical (unpaired) electrons. The summed E-state index contributed by atoms with van der Waals surface area (Å²) in [6, 6.07) is 7.46. The summed E-state index contributed by atoms with van der Waals surface area (Å²) in [5.41, 5.74) is 2.05. The molecule has 1 aliphatic rings. The van der Waals surface area contributed by atoms with Crippen LogP contribution in [0.15, 0.2) is 24.3 Å². The predicted octanol–water partition coefficient (Wildman–Crippen LogP) is 2.14. The van der Waals surface area contributed by atoms with Gasteiger partial charge in [-0.3, -0.25) is 9.59 Å². The summed E-state index contributed by atoms with van der Waals surface area (Å²) in [7, 11) is 1.36. The minimum absolute atomic E-state index is 0.0159. The monoisotopic (exact) mass is 305 g/mol. The van der Waals surface area contributed by atoms with Gasteiger partial charge in [-0.1, -0.05) is 29.8 Å². The van der Waals surface area contributed by atoms with Crippen LogP contribution in [0.3, 0.4) is 0 Å². The van der Waals surface area contributed by atoms with Crippen molar-refractivity contribution < 1.29 is 19.1 Å². The van der Waals surface area contributed by atoms with Crippen molar-refractivity contribution in [2.75, 3.05) is 20.3 Å². The number of esters is 1. The fourth-order valence-corrected chi connectivity index (χ4v) is 2.55. The Morgan fingerprint density at radius 2 is 1.91 bits per heavy atom. The van der Waals surface area contributed by atoms with E-state index >= 15 is 0 Å². The van der Waals surface area contributed by atoms with Gasteiger partial charge in [-0.05, 0) is 25.3 Å². The number of carbonyl (C=O) groups is 2. The number of carbonyl (C=O) groups excluding carboxylic acids is 2. The molecule has 120 valence electrons. The van der Waals surface area contributed by atoms with E-state index in [0.29, 0.717) is 13.2 Å². The Hall–Kier alpha value is -1.88. The molecule has 1 N–H and O–H groups in total. The van der Waals surface area contributed by atoms with Crippen molar-refractivity contribution in [3.05, 3.63) is 35.4 Å². The van der Waals surface area contributed by atoms with Crippen LogP contribution >= 0.6 is 0 Å². The summed E-state index contributed by atoms with van der Waals surface area (Å²) in [6.45, 7) is 3.23. The first-order valence-corrected chi connectivity index (χ1v) is 7.61. The lowest BCUT2D eigenvalue weighted by atomic mass is 9.97. The Balaban J connectivity index is 2.07. The number of amides is 1. The lowest BCUT2D eigenvalue weighted by Gasteiger charge is -2.25. The van der Waals surface area contributed by atoms with Gasteiger partial charge in [-0.15, -0.1) is 0 Å². The second-order valence-electron chi connectivity index (χ2n) is 5.64. The highest BCUT2D eigenvalue weighted by Gasteiger charge is 2.25. The molecule has 0 saturated carbocycles. The van der Waals surface area contributed by atoms with Gasteiger partial charge < -0.3 is 14.8 Å². The summed E-state index contributed by atoms with van der Waals surface area (Å²) < 4.78 is 10.0. The summed E-state index contributed by atoms with van der Waals surface area (Å²) in [4.78, 5) is 24.0. The van der Waals surface area contributed by atoms with E-state index in [1.807, 2.05) is 31.2 Å². The quantitative estimate of drug-likeness (QED) is 0.847. The van der Waals surface area contributed by atoms with Crippen molar-refractivity contribution in [3.8, 4) is 0 Å². The zero-order chi connectivity index (χ0) is 15.9. The van der Waals surface area contributed by atoms with Crippen LogP contribution < -0.4 is 5.32 Å². The van der Waals surface area contributed by atoms with Crippen LogP contribution in [0.2, 0.25) is 0 Å². The summed E-state index contributed by atoms with van der Waals surface area (Å²) in [6.07, 6.45) is 1.59. The number of hydrogen-bond donors (Lipinski definition) is 1. The molecule has 0 aliphatic carbocycles. The summed E-state index contributed by atoms with van der Waals surface area (Å²) >= 11 is 0. The van der Waals surface area contributed by atoms with Gasteiger partial charge in [0.05, 0.1) is 19.6 Å². The Labute approximate surface area is 131 Å². The first-order chi connectivity index (χ1) is 10.6. The van der Waals surface area contributed by atoms with Crippen LogP contribution in [-0.4, -0.2) is 32.2 Å². The van der Waals surface area contributed by atoms with Crippen molar-refractivity contribution in [2.24, 2.45) is 5.92 Å². The largest absolute Gasteiger partial charge is 0.469 e. The Kier molecular flexibility index (Phi) is 5.95. The third-order valence-electron chi connectivity index (χ3n) is 3.99. The molecule has 1 saturated heterocycles. The van der Waals surface area contributed by atoms with Gasteiger partial charge >= 0.3 is 5.97 Å². The number of ether oxygens (including phenoxy) is 2. The smallest absolute Gasteiger partial charge is 0.307 e. The van der Waals surface area contributed by atoms with E-state index in [1.54, 1.807) is 0 Å². The fourth-order valence-electron chi connectivity index (χ4n) is 2.55. The van der Waals surface area contributed by atoms with Crippen molar-refractivity contribution >= 4 is 11.9 Å². The Morgan fingerprint density at radius 3 is 2.50 bits per heavy atom. The van der Waals surface area contributed by atoms with Gasteiger partial charge in [0.25, 0.3) is 0 Å². The highest BCUT2D eigenvalue weighted by molar-refractivity contribution is 5.80. The molecule has 2 rings (SSSR count). The van der Waals surface area contributed by atoms with Gasteiger partial charge in [0, 0.05) is 19.1 Å². The number of benzene rings is 1. The van der Waals surface area contributed by atoms with Crippen molar-refractivity contribution in [1.82, 2.24) is 5.32 Å². The second kappa shape index (κ2) is 7.94. The number of hydrogen-bond acceptors (Lipinski definition) is 4. The molecule has 1 aromatic carbocycles. The van der Waals surface area contributed by atoms with Crippen LogP contribution in [0.25, 0.3) is 0 Å². The SMILES string of the molecule is COC(=O)C[C@H](NC(=O)C1CCOCC1)c1ccc(C)cc1. The highest BCUT2D eigenvalue weighted by Crippen LogP contribution is 2.21. The molecule has 1 aliphatic heterocycles. The third-order valence-corrected chi connectivity index (χ3v) is 3.99. The van der Waals surface area contributed by atoms with E-state index < -0.39 is 0 Å². The van der Waals surface area contributed by atoms with Gasteiger partial charge in [-0.25, -0.2) is 0 Å². The van der Waals surface area contributed by atoms with E-state index in [2.05, 4.69) is 5.32 Å². The summed E-state index contributed by atoms with van der Waals surface area (Å²) in [5.74, 6) is -0.394. The third kappa shape index (κ3) is 4.56. The molecule has 1 fully saturated rings. The van der Waals surface area contributed by atoms with E-state index in [4.69, 9.17) is 9.47 Å². The normalized spacial score (nSPS) is 16.8. The molecule has 0 bridgehead atoms. The van der Waals surface area contributed by atoms with E-state index in [9.17, 15) is 9.59 Å². The lowest BCUT2D eigenvalue weighted by Crippen LogP contribution is -2.37. The molecular formula is C17H23NO4. The Morgan fingerprint density at radius 1 is 1.27 bits per heavy atom. The molecule has 0 unspecified atom stereocenters. The number of aryl methyl sites for hydroxylation is 1. The molecule has 22 heavy (non-hydrogen) atoms. The first-order valence-electron chi connectivity index (χ1n) is 7.61. The molecule has 5 nitrogen and oxygen atoms in total. The maximum absolute atomic E-state index is 12.4. The van der Waals surface area contributed by atoms with Crippen LogP contribution in [0.5, 0.6) is 0 Å². The fraction of sp³-hybridized carbons (Fsp3) is 0.529. The summed E-state index contributed by atoms with van der Waals surface area (Å²) in [5, 5.41) is 2.99. The van der Waals surface area contributed by atoms with Gasteiger partial charge in [0.2, 0.25) is 5.91 Å². The molecule has 1 amide bonds. The predicted molar refractivity (Wildman–Crippen MR) is 82.2 cm³/mol. The lowest BCUT2D eigenvalue weighted by molar-refractivity contribution is -0.141. The van der Waals surface area contributed by atoms with Gasteiger partial charge in [0.1, 0.15) is 0 Å². The second-order valence-corrected chi connectivity index (χ2v) is 5.64. The zero-order valence-corrected chi connectivity index (χ0v) is 13.1. The molecular weight excluding hydrogens is 282 g/mol. The Bertz CT molecular complexity index is 506. The molecule has 1 heterocycles. The molecule has 0 aromatic heterocycles. The molecule has 5 heteroatoms.